The molecule has 0 aromatic heterocycles. The Bertz CT molecular complexity index is 587. The number of nitrogens with zero attached hydrogens (tertiary/aromatic N) is 1. The minimum Gasteiger partial charge on any atom is -0.366 e. The molecule has 0 fully saturated rings. The van der Waals surface area contributed by atoms with Crippen molar-refractivity contribution in [2.75, 3.05) is 0 Å². The molecule has 0 radical (unpaired) electrons. The average molecular weight is 210 g/mol. The fourth-order valence-corrected chi connectivity index (χ4v) is 2.15. The maximum Gasteiger partial charge on any atom is 0.244 e. The molecule has 3 aliphatic rings. The molecule has 0 unspecified atom stereocenters. The van der Waals surface area contributed by atoms with Gasteiger partial charge in [0.05, 0.1) is 5.69 Å². The number of amides is 1. The highest BCUT2D eigenvalue weighted by atomic mass is 16.1. The lowest BCUT2D eigenvalue weighted by Gasteiger charge is -2.12. The molecule has 1 amide bonds. The van der Waals surface area contributed by atoms with Gasteiger partial charge in [0, 0.05) is 23.8 Å². The van der Waals surface area contributed by atoms with Gasteiger partial charge >= 0.3 is 0 Å². The van der Waals surface area contributed by atoms with Crippen molar-refractivity contribution in [2.45, 2.75) is 6.42 Å². The molecule has 2 N–H and O–H groups in total. The third kappa shape index (κ3) is 1.21. The summed E-state index contributed by atoms with van der Waals surface area (Å²) in [7, 11) is 0. The van der Waals surface area contributed by atoms with E-state index in [1.807, 2.05) is 36.5 Å². The first kappa shape index (κ1) is 9.09. The molecule has 0 aromatic carbocycles. The lowest BCUT2D eigenvalue weighted by Crippen LogP contribution is -2.17. The second kappa shape index (κ2) is 3.17. The van der Waals surface area contributed by atoms with Gasteiger partial charge in [-0.05, 0) is 23.3 Å². The Labute approximate surface area is 93.0 Å². The van der Waals surface area contributed by atoms with E-state index in [1.54, 1.807) is 0 Å². The number of hydrogen-bond donors (Lipinski definition) is 1. The molecule has 0 spiro atoms. The second-order valence-electron chi connectivity index (χ2n) is 3.93. The standard InChI is InChI=1S/C13H10N2O/c14-13(16)9-5-8-3-1-2-4-11-12(8)10(6-9)7-15-11/h1-5,7H,6H2,(H2,14,16). The van der Waals surface area contributed by atoms with Gasteiger partial charge in [0.2, 0.25) is 5.91 Å². The van der Waals surface area contributed by atoms with E-state index in [2.05, 4.69) is 4.98 Å². The Balaban J connectivity index is 2.29. The summed E-state index contributed by atoms with van der Waals surface area (Å²) < 4.78 is 0. The van der Waals surface area contributed by atoms with Crippen molar-refractivity contribution in [3.8, 4) is 11.3 Å². The van der Waals surface area contributed by atoms with Crippen molar-refractivity contribution in [2.24, 2.45) is 5.73 Å². The molecule has 3 rings (SSSR count). The summed E-state index contributed by atoms with van der Waals surface area (Å²) in [5.41, 5.74) is 10.2. The predicted molar refractivity (Wildman–Crippen MR) is 61.7 cm³/mol. The highest BCUT2D eigenvalue weighted by Crippen LogP contribution is 2.34. The van der Waals surface area contributed by atoms with Crippen LogP contribution in [0.1, 0.15) is 11.1 Å². The zero-order valence-electron chi connectivity index (χ0n) is 8.60. The SMILES string of the molecule is NC(=O)C1=Cc2ccccc3ncc(c2-3)C1. The molecule has 0 bridgehead atoms. The fourth-order valence-electron chi connectivity index (χ4n) is 2.15. The second-order valence-corrected chi connectivity index (χ2v) is 3.93. The van der Waals surface area contributed by atoms with Crippen molar-refractivity contribution in [3.63, 3.8) is 0 Å². The van der Waals surface area contributed by atoms with E-state index in [0.717, 1.165) is 22.4 Å². The average Bonchev–Trinajstić information content (AvgIpc) is 2.55. The fraction of sp³-hybridized carbons (Fsp3) is 0.0769. The van der Waals surface area contributed by atoms with Crippen molar-refractivity contribution >= 4 is 12.0 Å². The van der Waals surface area contributed by atoms with Gasteiger partial charge < -0.3 is 5.73 Å². The molecule has 0 aromatic rings. The van der Waals surface area contributed by atoms with Crippen LogP contribution in [0, 0.1) is 0 Å². The van der Waals surface area contributed by atoms with Crippen LogP contribution in [-0.4, -0.2) is 10.9 Å². The lowest BCUT2D eigenvalue weighted by atomic mass is 9.91. The van der Waals surface area contributed by atoms with Gasteiger partial charge in [-0.3, -0.25) is 9.78 Å². The molecule has 0 saturated heterocycles. The zero-order valence-corrected chi connectivity index (χ0v) is 8.60. The van der Waals surface area contributed by atoms with Crippen LogP contribution >= 0.6 is 0 Å². The van der Waals surface area contributed by atoms with E-state index in [9.17, 15) is 4.79 Å². The van der Waals surface area contributed by atoms with Gasteiger partial charge in [-0.15, -0.1) is 0 Å². The molecule has 0 saturated carbocycles. The number of primary amides is 1. The van der Waals surface area contributed by atoms with Gasteiger partial charge in [-0.25, -0.2) is 0 Å². The van der Waals surface area contributed by atoms with E-state index >= 15 is 0 Å². The van der Waals surface area contributed by atoms with Gasteiger partial charge in [0.25, 0.3) is 0 Å². The van der Waals surface area contributed by atoms with Gasteiger partial charge in [-0.2, -0.15) is 0 Å². The van der Waals surface area contributed by atoms with Crippen molar-refractivity contribution in [1.29, 1.82) is 0 Å². The summed E-state index contributed by atoms with van der Waals surface area (Å²) in [4.78, 5) is 15.6. The summed E-state index contributed by atoms with van der Waals surface area (Å²) in [6.45, 7) is 0. The highest BCUT2D eigenvalue weighted by Gasteiger charge is 2.21. The molecule has 1 heterocycles. The maximum atomic E-state index is 11.2. The first-order valence-electron chi connectivity index (χ1n) is 5.13. The summed E-state index contributed by atoms with van der Waals surface area (Å²) in [5, 5.41) is 0. The monoisotopic (exact) mass is 210 g/mol. The minimum absolute atomic E-state index is 0.355. The number of nitrogens with two attached hydrogens (primary N) is 1. The molecule has 78 valence electrons. The zero-order chi connectivity index (χ0) is 11.1. The van der Waals surface area contributed by atoms with E-state index < -0.39 is 0 Å². The molecule has 16 heavy (non-hydrogen) atoms. The molecule has 3 heteroatoms. The van der Waals surface area contributed by atoms with E-state index in [0.29, 0.717) is 12.0 Å². The van der Waals surface area contributed by atoms with Crippen LogP contribution in [0.2, 0.25) is 0 Å². The van der Waals surface area contributed by atoms with Gasteiger partial charge in [-0.1, -0.05) is 18.2 Å². The number of hydrogen-bond acceptors (Lipinski definition) is 2. The van der Waals surface area contributed by atoms with Crippen LogP contribution in [0.3, 0.4) is 0 Å². The summed E-state index contributed by atoms with van der Waals surface area (Å²) in [5.74, 6) is -0.355. The van der Waals surface area contributed by atoms with Crippen LogP contribution in [0.4, 0.5) is 0 Å². The van der Waals surface area contributed by atoms with Crippen molar-refractivity contribution < 1.29 is 4.79 Å². The number of carbonyl (C=O) groups is 1. The van der Waals surface area contributed by atoms with Crippen LogP contribution in [-0.2, 0) is 11.2 Å². The number of aromatic nitrogens is 1. The third-order valence-corrected chi connectivity index (χ3v) is 2.89. The van der Waals surface area contributed by atoms with Crippen LogP contribution < -0.4 is 5.73 Å². The highest BCUT2D eigenvalue weighted by molar-refractivity contribution is 6.00. The first-order chi connectivity index (χ1) is 7.75. The molecule has 1 aliphatic heterocycles. The molecule has 2 aliphatic carbocycles. The normalized spacial score (nSPS) is 13.6. The van der Waals surface area contributed by atoms with E-state index in [-0.39, 0.29) is 5.91 Å². The Morgan fingerprint density at radius 2 is 2.12 bits per heavy atom. The molecular weight excluding hydrogens is 200 g/mol. The summed E-state index contributed by atoms with van der Waals surface area (Å²) in [6, 6.07) is 7.86. The molecular formula is C13H10N2O. The van der Waals surface area contributed by atoms with Crippen LogP contribution in [0.15, 0.2) is 36.0 Å². The third-order valence-electron chi connectivity index (χ3n) is 2.89. The Hall–Kier alpha value is -2.16. The topological polar surface area (TPSA) is 56.0 Å². The Morgan fingerprint density at radius 3 is 2.94 bits per heavy atom. The quantitative estimate of drug-likeness (QED) is 0.777. The van der Waals surface area contributed by atoms with Crippen molar-refractivity contribution in [1.82, 2.24) is 4.98 Å². The van der Waals surface area contributed by atoms with E-state index in [1.165, 1.54) is 0 Å². The summed E-state index contributed by atoms with van der Waals surface area (Å²) >= 11 is 0. The van der Waals surface area contributed by atoms with E-state index in [4.69, 9.17) is 5.73 Å². The number of rotatable bonds is 1. The Kier molecular flexibility index (Phi) is 1.80. The largest absolute Gasteiger partial charge is 0.366 e. The Morgan fingerprint density at radius 1 is 1.31 bits per heavy atom. The lowest BCUT2D eigenvalue weighted by molar-refractivity contribution is -0.114. The summed E-state index contributed by atoms with van der Waals surface area (Å²) in [6.07, 6.45) is 4.27. The van der Waals surface area contributed by atoms with Crippen LogP contribution in [0.25, 0.3) is 17.3 Å². The maximum absolute atomic E-state index is 11.2. The first-order valence-corrected chi connectivity index (χ1v) is 5.13. The molecule has 0 atom stereocenters. The van der Waals surface area contributed by atoms with Gasteiger partial charge in [0.1, 0.15) is 0 Å². The minimum atomic E-state index is -0.355. The van der Waals surface area contributed by atoms with Crippen LogP contribution in [0.5, 0.6) is 0 Å². The smallest absolute Gasteiger partial charge is 0.244 e. The van der Waals surface area contributed by atoms with Crippen molar-refractivity contribution in [3.05, 3.63) is 47.2 Å². The number of carbonyl (C=O) groups excluding carboxylic acids is 1. The van der Waals surface area contributed by atoms with Gasteiger partial charge in [0.15, 0.2) is 0 Å². The predicted octanol–water partition coefficient (Wildman–Crippen LogP) is 1.61. The molecule has 3 nitrogen and oxygen atoms in total.